The minimum atomic E-state index is -1.50. The van der Waals surface area contributed by atoms with Gasteiger partial charge in [0.05, 0.1) is 79.3 Å². The number of rotatable bonds is 26. The van der Waals surface area contributed by atoms with E-state index in [0.717, 1.165) is 0 Å². The Labute approximate surface area is 252 Å². The van der Waals surface area contributed by atoms with E-state index in [-0.39, 0.29) is 97.2 Å². The molecule has 0 bridgehead atoms. The summed E-state index contributed by atoms with van der Waals surface area (Å²) in [6.07, 6.45) is -6.12. The average Bonchev–Trinajstić information content (AvgIpc) is 2.96. The van der Waals surface area contributed by atoms with Crippen LogP contribution in [0.1, 0.15) is 33.1 Å². The molecule has 16 heteroatoms. The van der Waals surface area contributed by atoms with Crippen LogP contribution in [0.25, 0.3) is 0 Å². The Balaban J connectivity index is 2.11. The number of nitrogens with two attached hydrogens (primary N) is 1. The molecule has 0 aromatic rings. The summed E-state index contributed by atoms with van der Waals surface area (Å²) in [5, 5.41) is 41.3. The first-order valence-electron chi connectivity index (χ1n) is 14.3. The summed E-state index contributed by atoms with van der Waals surface area (Å²) in [4.78, 5) is 34.1. The summed E-state index contributed by atoms with van der Waals surface area (Å²) in [6, 6.07) is 0. The minimum absolute atomic E-state index is 0.0264. The normalized spacial score (nSPS) is 23.5. The number of primary amides is 1. The predicted octanol–water partition coefficient (Wildman–Crippen LogP) is -2.75. The molecular formula is C27H50N2O14. The highest BCUT2D eigenvalue weighted by Crippen LogP contribution is 2.22. The summed E-state index contributed by atoms with van der Waals surface area (Å²) in [5.41, 5.74) is 4.58. The highest BCUT2D eigenvalue weighted by Gasteiger charge is 2.43. The maximum Gasteiger partial charge on any atom is 0.222 e. The lowest BCUT2D eigenvalue weighted by Gasteiger charge is -2.39. The van der Waals surface area contributed by atoms with Crippen molar-refractivity contribution in [2.75, 3.05) is 85.8 Å². The molecule has 1 fully saturated rings. The number of aliphatic hydroxyl groups is 4. The third kappa shape index (κ3) is 17.9. The maximum atomic E-state index is 12.1. The summed E-state index contributed by atoms with van der Waals surface area (Å²) in [5.74, 6) is -0.639. The monoisotopic (exact) mass is 626 g/mol. The van der Waals surface area contributed by atoms with E-state index in [1.54, 1.807) is 0 Å². The van der Waals surface area contributed by atoms with Gasteiger partial charge in [0.25, 0.3) is 0 Å². The van der Waals surface area contributed by atoms with E-state index >= 15 is 0 Å². The molecule has 1 saturated heterocycles. The van der Waals surface area contributed by atoms with Crippen LogP contribution in [0, 0.1) is 5.41 Å². The van der Waals surface area contributed by atoms with Crippen molar-refractivity contribution >= 4 is 17.6 Å². The van der Waals surface area contributed by atoms with Gasteiger partial charge >= 0.3 is 0 Å². The van der Waals surface area contributed by atoms with Crippen LogP contribution < -0.4 is 11.1 Å². The number of hydrogen-bond donors (Lipinski definition) is 6. The Morgan fingerprint density at radius 1 is 0.767 bits per heavy atom. The molecule has 16 nitrogen and oxygen atoms in total. The first-order valence-corrected chi connectivity index (χ1v) is 14.3. The van der Waals surface area contributed by atoms with Gasteiger partial charge in [0, 0.05) is 31.2 Å². The van der Waals surface area contributed by atoms with Crippen LogP contribution in [-0.2, 0) is 47.5 Å². The molecule has 1 rings (SSSR count). The van der Waals surface area contributed by atoms with Gasteiger partial charge in [-0.3, -0.25) is 14.4 Å². The Morgan fingerprint density at radius 3 is 1.91 bits per heavy atom. The van der Waals surface area contributed by atoms with E-state index in [1.807, 2.05) is 6.92 Å². The van der Waals surface area contributed by atoms with Gasteiger partial charge in [-0.25, -0.2) is 0 Å². The smallest absolute Gasteiger partial charge is 0.222 e. The number of carbonyl (C=O) groups is 3. The standard InChI is InChI=1S/C27H50N2O14/c1-19(31)3-7-39-16-27(2,17-40-8-4-21(28)32)18-41-9-5-22(33)29-6-10-37-11-12-38-13-14-42-26-25(36)24(35)23(34)20(15-30)43-26/h20,23-26,30,34-36H,3-18H2,1-2H3,(H2,28,32)(H,29,33)/t20?,23-,24+,25?,26+,27?/m1/s1. The Bertz CT molecular complexity index is 765. The molecule has 0 saturated carbocycles. The van der Waals surface area contributed by atoms with Crippen molar-refractivity contribution in [2.45, 2.75) is 63.8 Å². The van der Waals surface area contributed by atoms with Crippen LogP contribution in [0.15, 0.2) is 0 Å². The molecular weight excluding hydrogens is 576 g/mol. The fourth-order valence-corrected chi connectivity index (χ4v) is 3.74. The number of Topliss-reactive ketones (excluding diaryl/α,β-unsaturated/α-hetero) is 1. The lowest BCUT2D eigenvalue weighted by Crippen LogP contribution is -2.59. The van der Waals surface area contributed by atoms with Crippen molar-refractivity contribution in [1.82, 2.24) is 5.32 Å². The van der Waals surface area contributed by atoms with Gasteiger partial charge < -0.3 is 64.6 Å². The lowest BCUT2D eigenvalue weighted by molar-refractivity contribution is -0.302. The Morgan fingerprint density at radius 2 is 1.33 bits per heavy atom. The molecule has 3 unspecified atom stereocenters. The predicted molar refractivity (Wildman–Crippen MR) is 149 cm³/mol. The molecule has 2 amide bonds. The summed E-state index contributed by atoms with van der Waals surface area (Å²) in [6.45, 7) is 5.52. The largest absolute Gasteiger partial charge is 0.394 e. The SMILES string of the molecule is CC(=O)CCOCC(C)(COCCC(N)=O)COCCC(=O)NCCOCCOCCO[C@H]1OC(CO)[C@@H](O)[C@H](O)C1O. The van der Waals surface area contributed by atoms with Gasteiger partial charge in [-0.2, -0.15) is 0 Å². The highest BCUT2D eigenvalue weighted by molar-refractivity contribution is 5.76. The van der Waals surface area contributed by atoms with Gasteiger partial charge in [-0.05, 0) is 6.92 Å². The van der Waals surface area contributed by atoms with Crippen LogP contribution >= 0.6 is 0 Å². The molecule has 6 atom stereocenters. The molecule has 0 aromatic heterocycles. The first kappa shape index (κ1) is 39.2. The van der Waals surface area contributed by atoms with Gasteiger partial charge in [-0.15, -0.1) is 0 Å². The minimum Gasteiger partial charge on any atom is -0.394 e. The van der Waals surface area contributed by atoms with Crippen molar-refractivity contribution in [3.63, 3.8) is 0 Å². The van der Waals surface area contributed by atoms with Crippen molar-refractivity contribution in [3.8, 4) is 0 Å². The van der Waals surface area contributed by atoms with Crippen LogP contribution in [0.3, 0.4) is 0 Å². The number of hydrogen-bond acceptors (Lipinski definition) is 14. The Hall–Kier alpha value is -1.83. The van der Waals surface area contributed by atoms with E-state index in [0.29, 0.717) is 13.0 Å². The Kier molecular flexibility index (Phi) is 20.6. The number of carbonyl (C=O) groups excluding carboxylic acids is 3. The topological polar surface area (TPSA) is 235 Å². The fraction of sp³-hybridized carbons (Fsp3) is 0.889. The van der Waals surface area contributed by atoms with Crippen molar-refractivity contribution in [2.24, 2.45) is 11.1 Å². The van der Waals surface area contributed by atoms with Crippen molar-refractivity contribution in [3.05, 3.63) is 0 Å². The van der Waals surface area contributed by atoms with Crippen molar-refractivity contribution in [1.29, 1.82) is 0 Å². The van der Waals surface area contributed by atoms with Gasteiger partial charge in [0.15, 0.2) is 6.29 Å². The fourth-order valence-electron chi connectivity index (χ4n) is 3.74. The summed E-state index contributed by atoms with van der Waals surface area (Å²) in [7, 11) is 0. The zero-order valence-electron chi connectivity index (χ0n) is 25.1. The van der Waals surface area contributed by atoms with Crippen LogP contribution in [-0.4, -0.2) is 155 Å². The second-order valence-corrected chi connectivity index (χ2v) is 10.5. The zero-order chi connectivity index (χ0) is 32.1. The van der Waals surface area contributed by atoms with Crippen LogP contribution in [0.5, 0.6) is 0 Å². The molecule has 0 spiro atoms. The second-order valence-electron chi connectivity index (χ2n) is 10.5. The number of ether oxygens (including phenoxy) is 7. The van der Waals surface area contributed by atoms with Gasteiger partial charge in [0.2, 0.25) is 11.8 Å². The molecule has 7 N–H and O–H groups in total. The van der Waals surface area contributed by atoms with Gasteiger partial charge in [0.1, 0.15) is 30.2 Å². The molecule has 0 aliphatic carbocycles. The summed E-state index contributed by atoms with van der Waals surface area (Å²) < 4.78 is 38.1. The number of nitrogens with one attached hydrogen (secondary N) is 1. The first-order chi connectivity index (χ1) is 20.5. The average molecular weight is 627 g/mol. The molecule has 0 aromatic carbocycles. The molecule has 1 aliphatic heterocycles. The summed E-state index contributed by atoms with van der Waals surface area (Å²) >= 11 is 0. The number of ketones is 1. The lowest BCUT2D eigenvalue weighted by atomic mass is 9.94. The molecule has 1 aliphatic rings. The van der Waals surface area contributed by atoms with E-state index in [9.17, 15) is 34.8 Å². The molecule has 1 heterocycles. The van der Waals surface area contributed by atoms with E-state index in [1.165, 1.54) is 6.92 Å². The maximum absolute atomic E-state index is 12.1. The number of amides is 2. The van der Waals surface area contributed by atoms with Crippen LogP contribution in [0.2, 0.25) is 0 Å². The molecule has 0 radical (unpaired) electrons. The molecule has 252 valence electrons. The van der Waals surface area contributed by atoms with Gasteiger partial charge in [-0.1, -0.05) is 6.92 Å². The third-order valence-electron chi connectivity index (χ3n) is 6.22. The quantitative estimate of drug-likeness (QED) is 0.0535. The molecule has 43 heavy (non-hydrogen) atoms. The third-order valence-corrected chi connectivity index (χ3v) is 6.22. The van der Waals surface area contributed by atoms with Crippen LogP contribution in [0.4, 0.5) is 0 Å². The van der Waals surface area contributed by atoms with E-state index in [4.69, 9.17) is 38.9 Å². The van der Waals surface area contributed by atoms with Crippen molar-refractivity contribution < 1.29 is 68.0 Å². The van der Waals surface area contributed by atoms with E-state index in [2.05, 4.69) is 5.32 Å². The second kappa shape index (κ2) is 22.6. The zero-order valence-corrected chi connectivity index (χ0v) is 25.1. The highest BCUT2D eigenvalue weighted by atomic mass is 16.7. The van der Waals surface area contributed by atoms with E-state index < -0.39 is 48.6 Å². The number of aliphatic hydroxyl groups excluding tert-OH is 4.